The molecule has 0 spiro atoms. The van der Waals surface area contributed by atoms with Gasteiger partial charge in [0.2, 0.25) is 11.8 Å². The van der Waals surface area contributed by atoms with E-state index in [0.29, 0.717) is 19.3 Å². The Morgan fingerprint density at radius 2 is 2.26 bits per heavy atom. The third-order valence-corrected chi connectivity index (χ3v) is 3.91. The van der Waals surface area contributed by atoms with Gasteiger partial charge in [-0.25, -0.2) is 4.98 Å². The van der Waals surface area contributed by atoms with E-state index >= 15 is 0 Å². The fourth-order valence-electron chi connectivity index (χ4n) is 2.80. The third-order valence-electron chi connectivity index (χ3n) is 3.91. The zero-order valence-electron chi connectivity index (χ0n) is 11.0. The predicted octanol–water partition coefficient (Wildman–Crippen LogP) is 0.669. The van der Waals surface area contributed by atoms with E-state index in [-0.39, 0.29) is 17.7 Å². The predicted molar refractivity (Wildman–Crippen MR) is 70.8 cm³/mol. The molecule has 1 unspecified atom stereocenters. The maximum Gasteiger partial charge on any atom is 0.230 e. The van der Waals surface area contributed by atoms with E-state index in [1.165, 1.54) is 5.56 Å². The molecule has 100 valence electrons. The van der Waals surface area contributed by atoms with Crippen LogP contribution in [0.5, 0.6) is 0 Å². The van der Waals surface area contributed by atoms with Crippen molar-refractivity contribution in [3.8, 4) is 0 Å². The number of carbonyl (C=O) groups excluding carboxylic acids is 2. The zero-order valence-corrected chi connectivity index (χ0v) is 11.0. The largest absolute Gasteiger partial charge is 0.359 e. The van der Waals surface area contributed by atoms with Crippen molar-refractivity contribution in [2.75, 3.05) is 18.5 Å². The molecular formula is C14H17N3O2. The average Bonchev–Trinajstić information content (AvgIpc) is 2.74. The standard InChI is InChI=1S/C14H17N3O2/c1-17-5-4-10-6-9(8-15-13(10)17)7-11-2-3-12(18)16-14(11)19/h6,8,11H,2-5,7H2,1H3,(H,16,18,19). The first-order valence-electron chi connectivity index (χ1n) is 6.66. The van der Waals surface area contributed by atoms with Gasteiger partial charge in [-0.3, -0.25) is 14.9 Å². The van der Waals surface area contributed by atoms with Crippen molar-refractivity contribution in [3.63, 3.8) is 0 Å². The molecule has 0 radical (unpaired) electrons. The lowest BCUT2D eigenvalue weighted by molar-refractivity contribution is -0.136. The van der Waals surface area contributed by atoms with E-state index in [1.807, 2.05) is 13.2 Å². The van der Waals surface area contributed by atoms with Crippen LogP contribution in [-0.2, 0) is 22.4 Å². The molecule has 2 aliphatic heterocycles. The minimum Gasteiger partial charge on any atom is -0.359 e. The highest BCUT2D eigenvalue weighted by Gasteiger charge is 2.27. The number of imide groups is 1. The second-order valence-electron chi connectivity index (χ2n) is 5.35. The summed E-state index contributed by atoms with van der Waals surface area (Å²) < 4.78 is 0. The van der Waals surface area contributed by atoms with Gasteiger partial charge in [-0.15, -0.1) is 0 Å². The molecule has 2 aliphatic rings. The maximum absolute atomic E-state index is 11.7. The van der Waals surface area contributed by atoms with Crippen LogP contribution in [0.1, 0.15) is 24.0 Å². The summed E-state index contributed by atoms with van der Waals surface area (Å²) in [6.07, 6.45) is 4.62. The molecule has 1 aromatic rings. The number of nitrogens with one attached hydrogen (secondary N) is 1. The summed E-state index contributed by atoms with van der Waals surface area (Å²) in [7, 11) is 2.04. The zero-order chi connectivity index (χ0) is 13.4. The van der Waals surface area contributed by atoms with Crippen LogP contribution in [0, 0.1) is 5.92 Å². The molecule has 1 saturated heterocycles. The van der Waals surface area contributed by atoms with Gasteiger partial charge in [0.25, 0.3) is 0 Å². The number of hydrogen-bond donors (Lipinski definition) is 1. The lowest BCUT2D eigenvalue weighted by Crippen LogP contribution is -2.41. The van der Waals surface area contributed by atoms with Crippen LogP contribution in [0.4, 0.5) is 5.82 Å². The van der Waals surface area contributed by atoms with Crippen LogP contribution in [0.15, 0.2) is 12.3 Å². The number of pyridine rings is 1. The van der Waals surface area contributed by atoms with Gasteiger partial charge in [-0.05, 0) is 30.4 Å². The number of carbonyl (C=O) groups is 2. The summed E-state index contributed by atoms with van der Waals surface area (Å²) in [6, 6.07) is 2.15. The Kier molecular flexibility index (Phi) is 2.97. The first-order chi connectivity index (χ1) is 9.13. The molecule has 1 atom stereocenters. The third kappa shape index (κ3) is 2.32. The number of hydrogen-bond acceptors (Lipinski definition) is 4. The second kappa shape index (κ2) is 4.64. The molecule has 19 heavy (non-hydrogen) atoms. The molecule has 1 fully saturated rings. The molecular weight excluding hydrogens is 242 g/mol. The maximum atomic E-state index is 11.7. The molecule has 1 aromatic heterocycles. The normalized spacial score (nSPS) is 22.4. The summed E-state index contributed by atoms with van der Waals surface area (Å²) in [5.74, 6) is 0.646. The van der Waals surface area contributed by atoms with E-state index in [1.54, 1.807) is 0 Å². The molecule has 1 N–H and O–H groups in total. The molecule has 3 heterocycles. The van der Waals surface area contributed by atoms with E-state index < -0.39 is 0 Å². The summed E-state index contributed by atoms with van der Waals surface area (Å²) in [4.78, 5) is 29.5. The SMILES string of the molecule is CN1CCc2cc(CC3CCC(=O)NC3=O)cnc21. The van der Waals surface area contributed by atoms with Gasteiger partial charge >= 0.3 is 0 Å². The van der Waals surface area contributed by atoms with E-state index in [2.05, 4.69) is 21.3 Å². The van der Waals surface area contributed by atoms with E-state index in [4.69, 9.17) is 0 Å². The smallest absolute Gasteiger partial charge is 0.230 e. The second-order valence-corrected chi connectivity index (χ2v) is 5.35. The molecule has 5 heteroatoms. The van der Waals surface area contributed by atoms with Gasteiger partial charge in [0.1, 0.15) is 5.82 Å². The van der Waals surface area contributed by atoms with Gasteiger partial charge in [0, 0.05) is 32.1 Å². The summed E-state index contributed by atoms with van der Waals surface area (Å²) in [6.45, 7) is 1.00. The molecule has 3 rings (SSSR count). The Morgan fingerprint density at radius 3 is 3.05 bits per heavy atom. The van der Waals surface area contributed by atoms with Crippen molar-refractivity contribution < 1.29 is 9.59 Å². The van der Waals surface area contributed by atoms with Gasteiger partial charge in [0.05, 0.1) is 0 Å². The minimum absolute atomic E-state index is 0.100. The summed E-state index contributed by atoms with van der Waals surface area (Å²) in [5, 5.41) is 2.40. The minimum atomic E-state index is -0.157. The van der Waals surface area contributed by atoms with Crippen LogP contribution < -0.4 is 10.2 Å². The van der Waals surface area contributed by atoms with Gasteiger partial charge in [0.15, 0.2) is 0 Å². The van der Waals surface area contributed by atoms with Crippen molar-refractivity contribution >= 4 is 17.6 Å². The number of fused-ring (bicyclic) bond motifs is 1. The Hall–Kier alpha value is -1.91. The highest BCUT2D eigenvalue weighted by molar-refractivity contribution is 5.98. The lowest BCUT2D eigenvalue weighted by atomic mass is 9.91. The number of anilines is 1. The molecule has 0 aliphatic carbocycles. The highest BCUT2D eigenvalue weighted by Crippen LogP contribution is 2.26. The fraction of sp³-hybridized carbons (Fsp3) is 0.500. The fourth-order valence-corrected chi connectivity index (χ4v) is 2.80. The number of amides is 2. The van der Waals surface area contributed by atoms with E-state index in [0.717, 1.165) is 24.3 Å². The van der Waals surface area contributed by atoms with Crippen LogP contribution >= 0.6 is 0 Å². The monoisotopic (exact) mass is 259 g/mol. The van der Waals surface area contributed by atoms with Crippen molar-refractivity contribution in [1.82, 2.24) is 10.3 Å². The quantitative estimate of drug-likeness (QED) is 0.793. The summed E-state index contributed by atoms with van der Waals surface area (Å²) in [5.41, 5.74) is 2.34. The van der Waals surface area contributed by atoms with Crippen molar-refractivity contribution in [3.05, 3.63) is 23.4 Å². The molecule has 0 saturated carbocycles. The average molecular weight is 259 g/mol. The van der Waals surface area contributed by atoms with Gasteiger partial charge in [-0.1, -0.05) is 6.07 Å². The van der Waals surface area contributed by atoms with Crippen molar-refractivity contribution in [2.45, 2.75) is 25.7 Å². The van der Waals surface area contributed by atoms with Crippen LogP contribution in [0.3, 0.4) is 0 Å². The van der Waals surface area contributed by atoms with E-state index in [9.17, 15) is 9.59 Å². The molecule has 5 nitrogen and oxygen atoms in total. The number of aromatic nitrogens is 1. The highest BCUT2D eigenvalue weighted by atomic mass is 16.2. The van der Waals surface area contributed by atoms with Crippen LogP contribution in [0.2, 0.25) is 0 Å². The van der Waals surface area contributed by atoms with Gasteiger partial charge < -0.3 is 4.90 Å². The van der Waals surface area contributed by atoms with Crippen LogP contribution in [0.25, 0.3) is 0 Å². The topological polar surface area (TPSA) is 62.3 Å². The number of piperidine rings is 1. The van der Waals surface area contributed by atoms with Gasteiger partial charge in [-0.2, -0.15) is 0 Å². The Bertz CT molecular complexity index is 541. The van der Waals surface area contributed by atoms with Crippen molar-refractivity contribution in [1.29, 1.82) is 0 Å². The first kappa shape index (κ1) is 12.1. The van der Waals surface area contributed by atoms with Crippen molar-refractivity contribution in [2.24, 2.45) is 5.92 Å². The molecule has 0 bridgehead atoms. The number of likely N-dealkylation sites (N-methyl/N-ethyl adjacent to an activating group) is 1. The van der Waals surface area contributed by atoms with Crippen LogP contribution in [-0.4, -0.2) is 30.4 Å². The number of rotatable bonds is 2. The lowest BCUT2D eigenvalue weighted by Gasteiger charge is -2.20. The number of nitrogens with zero attached hydrogens (tertiary/aromatic N) is 2. The summed E-state index contributed by atoms with van der Waals surface area (Å²) >= 11 is 0. The first-order valence-corrected chi connectivity index (χ1v) is 6.66. The Balaban J connectivity index is 1.74. The Morgan fingerprint density at radius 1 is 1.42 bits per heavy atom. The molecule has 0 aromatic carbocycles. The molecule has 2 amide bonds. The Labute approximate surface area is 112 Å².